The summed E-state index contributed by atoms with van der Waals surface area (Å²) in [6.45, 7) is 6.58. The number of aromatic nitrogens is 2. The van der Waals surface area contributed by atoms with E-state index in [1.165, 1.54) is 35.9 Å². The van der Waals surface area contributed by atoms with Crippen molar-refractivity contribution < 1.29 is 0 Å². The molecule has 0 spiro atoms. The third-order valence-electron chi connectivity index (χ3n) is 4.65. The molecule has 1 aromatic carbocycles. The summed E-state index contributed by atoms with van der Waals surface area (Å²) in [5.41, 5.74) is 2.53. The highest BCUT2D eigenvalue weighted by molar-refractivity contribution is 5.82. The number of hydrogen-bond donors (Lipinski definition) is 1. The number of fused-ring (bicyclic) bond motifs is 1. The Morgan fingerprint density at radius 2 is 2.15 bits per heavy atom. The van der Waals surface area contributed by atoms with Gasteiger partial charge in [0, 0.05) is 24.4 Å². The van der Waals surface area contributed by atoms with Crippen LogP contribution in [-0.4, -0.2) is 22.4 Å². The monoisotopic (exact) mass is 271 g/mol. The first kappa shape index (κ1) is 13.6. The molecular weight excluding hydrogens is 246 g/mol. The fraction of sp³-hybridized carbons (Fsp3) is 0.588. The molecule has 3 nitrogen and oxygen atoms in total. The molecule has 1 N–H and O–H groups in total. The first-order chi connectivity index (χ1) is 9.81. The number of rotatable bonds is 4. The lowest BCUT2D eigenvalue weighted by atomic mass is 9.88. The third-order valence-corrected chi connectivity index (χ3v) is 4.65. The maximum Gasteiger partial charge on any atom is 0.0718 e. The van der Waals surface area contributed by atoms with E-state index in [0.29, 0.717) is 6.04 Å². The second-order valence-corrected chi connectivity index (χ2v) is 5.93. The zero-order chi connectivity index (χ0) is 13.9. The van der Waals surface area contributed by atoms with Crippen LogP contribution in [0.15, 0.2) is 24.3 Å². The van der Waals surface area contributed by atoms with E-state index < -0.39 is 0 Å². The fourth-order valence-electron chi connectivity index (χ4n) is 3.44. The fourth-order valence-corrected chi connectivity index (χ4v) is 3.44. The molecule has 0 saturated carbocycles. The van der Waals surface area contributed by atoms with Crippen molar-refractivity contribution >= 4 is 10.9 Å². The first-order valence-electron chi connectivity index (χ1n) is 7.99. The molecule has 108 valence electrons. The molecule has 0 aliphatic carbocycles. The second-order valence-electron chi connectivity index (χ2n) is 5.93. The van der Waals surface area contributed by atoms with Gasteiger partial charge in [-0.3, -0.25) is 4.68 Å². The molecule has 2 aromatic rings. The highest BCUT2D eigenvalue weighted by Gasteiger charge is 2.22. The lowest BCUT2D eigenvalue weighted by molar-refractivity contribution is 0.293. The van der Waals surface area contributed by atoms with E-state index in [0.717, 1.165) is 25.4 Å². The summed E-state index contributed by atoms with van der Waals surface area (Å²) < 4.78 is 2.13. The van der Waals surface area contributed by atoms with Gasteiger partial charge in [-0.15, -0.1) is 0 Å². The zero-order valence-corrected chi connectivity index (χ0v) is 12.6. The van der Waals surface area contributed by atoms with Crippen LogP contribution >= 0.6 is 0 Å². The van der Waals surface area contributed by atoms with Crippen molar-refractivity contribution in [2.24, 2.45) is 5.92 Å². The summed E-state index contributed by atoms with van der Waals surface area (Å²) in [5, 5.41) is 9.83. The number of aryl methyl sites for hydroxylation is 1. The van der Waals surface area contributed by atoms with Crippen LogP contribution in [0.3, 0.4) is 0 Å². The van der Waals surface area contributed by atoms with Crippen molar-refractivity contribution in [3.05, 3.63) is 30.0 Å². The SMILES string of the molecule is CCC1CCNC(Cc2nn(CC)c3ccccc23)C1. The van der Waals surface area contributed by atoms with Gasteiger partial charge in [-0.1, -0.05) is 31.5 Å². The molecule has 3 rings (SSSR count). The van der Waals surface area contributed by atoms with Gasteiger partial charge in [0.2, 0.25) is 0 Å². The van der Waals surface area contributed by atoms with Crippen LogP contribution in [0.4, 0.5) is 0 Å². The molecule has 2 unspecified atom stereocenters. The van der Waals surface area contributed by atoms with E-state index in [1.54, 1.807) is 0 Å². The topological polar surface area (TPSA) is 29.9 Å². The zero-order valence-electron chi connectivity index (χ0n) is 12.6. The maximum atomic E-state index is 4.83. The molecule has 0 amide bonds. The quantitative estimate of drug-likeness (QED) is 0.924. The van der Waals surface area contributed by atoms with Crippen LogP contribution in [0.5, 0.6) is 0 Å². The first-order valence-corrected chi connectivity index (χ1v) is 7.99. The van der Waals surface area contributed by atoms with Gasteiger partial charge in [-0.05, 0) is 38.3 Å². The van der Waals surface area contributed by atoms with Gasteiger partial charge in [-0.25, -0.2) is 0 Å². The Labute approximate surface area is 121 Å². The van der Waals surface area contributed by atoms with Gasteiger partial charge in [-0.2, -0.15) is 5.10 Å². The minimum Gasteiger partial charge on any atom is -0.314 e. The highest BCUT2D eigenvalue weighted by Crippen LogP contribution is 2.24. The predicted molar refractivity (Wildman–Crippen MR) is 83.9 cm³/mol. The summed E-state index contributed by atoms with van der Waals surface area (Å²) in [6.07, 6.45) is 4.99. The molecular formula is C17H25N3. The number of nitrogens with zero attached hydrogens (tertiary/aromatic N) is 2. The average Bonchev–Trinajstić information content (AvgIpc) is 2.86. The highest BCUT2D eigenvalue weighted by atomic mass is 15.3. The Morgan fingerprint density at radius 3 is 2.95 bits per heavy atom. The largest absolute Gasteiger partial charge is 0.314 e. The van der Waals surface area contributed by atoms with Crippen LogP contribution in [0.25, 0.3) is 10.9 Å². The Balaban J connectivity index is 1.83. The van der Waals surface area contributed by atoms with Crippen molar-refractivity contribution in [1.82, 2.24) is 15.1 Å². The van der Waals surface area contributed by atoms with Gasteiger partial charge in [0.25, 0.3) is 0 Å². The Morgan fingerprint density at radius 1 is 1.30 bits per heavy atom. The van der Waals surface area contributed by atoms with E-state index >= 15 is 0 Å². The Hall–Kier alpha value is -1.35. The van der Waals surface area contributed by atoms with Gasteiger partial charge in [0.1, 0.15) is 0 Å². The lowest BCUT2D eigenvalue weighted by Gasteiger charge is -2.29. The Kier molecular flexibility index (Phi) is 4.06. The molecule has 0 bridgehead atoms. The third kappa shape index (κ3) is 2.59. The van der Waals surface area contributed by atoms with Crippen molar-refractivity contribution in [2.75, 3.05) is 6.54 Å². The van der Waals surface area contributed by atoms with E-state index in [2.05, 4.69) is 48.1 Å². The van der Waals surface area contributed by atoms with Gasteiger partial charge >= 0.3 is 0 Å². The number of nitrogens with one attached hydrogen (secondary N) is 1. The molecule has 1 aliphatic heterocycles. The molecule has 1 saturated heterocycles. The lowest BCUT2D eigenvalue weighted by Crippen LogP contribution is -2.39. The van der Waals surface area contributed by atoms with Crippen LogP contribution < -0.4 is 5.32 Å². The molecule has 1 fully saturated rings. The minimum atomic E-state index is 0.595. The summed E-state index contributed by atoms with van der Waals surface area (Å²) in [5.74, 6) is 0.890. The average molecular weight is 271 g/mol. The normalized spacial score (nSPS) is 23.3. The van der Waals surface area contributed by atoms with E-state index in [-0.39, 0.29) is 0 Å². The van der Waals surface area contributed by atoms with Crippen LogP contribution in [0.1, 0.15) is 38.8 Å². The van der Waals surface area contributed by atoms with E-state index in [9.17, 15) is 0 Å². The van der Waals surface area contributed by atoms with Gasteiger partial charge in [0.15, 0.2) is 0 Å². The smallest absolute Gasteiger partial charge is 0.0718 e. The van der Waals surface area contributed by atoms with Crippen molar-refractivity contribution in [1.29, 1.82) is 0 Å². The van der Waals surface area contributed by atoms with Crippen LogP contribution in [-0.2, 0) is 13.0 Å². The molecule has 0 radical (unpaired) electrons. The second kappa shape index (κ2) is 5.96. The molecule has 1 aromatic heterocycles. The number of benzene rings is 1. The maximum absolute atomic E-state index is 4.83. The number of hydrogen-bond acceptors (Lipinski definition) is 2. The van der Waals surface area contributed by atoms with Crippen molar-refractivity contribution in [3.63, 3.8) is 0 Å². The van der Waals surface area contributed by atoms with E-state index in [1.807, 2.05) is 0 Å². The molecule has 2 atom stereocenters. The van der Waals surface area contributed by atoms with Gasteiger partial charge in [0.05, 0.1) is 11.2 Å². The number of piperidine rings is 1. The van der Waals surface area contributed by atoms with Crippen molar-refractivity contribution in [2.45, 2.75) is 52.1 Å². The van der Waals surface area contributed by atoms with Crippen LogP contribution in [0, 0.1) is 5.92 Å². The summed E-state index contributed by atoms with van der Waals surface area (Å²) in [6, 6.07) is 9.21. The van der Waals surface area contributed by atoms with Crippen LogP contribution in [0.2, 0.25) is 0 Å². The number of para-hydroxylation sites is 1. The molecule has 3 heteroatoms. The standard InChI is InChI=1S/C17H25N3/c1-3-13-9-10-18-14(11-13)12-16-15-7-5-6-8-17(15)20(4-2)19-16/h5-8,13-14,18H,3-4,9-12H2,1-2H3. The molecule has 2 heterocycles. The predicted octanol–water partition coefficient (Wildman–Crippen LogP) is 3.38. The Bertz CT molecular complexity index is 573. The van der Waals surface area contributed by atoms with E-state index in [4.69, 9.17) is 5.10 Å². The molecule has 20 heavy (non-hydrogen) atoms. The van der Waals surface area contributed by atoms with Crippen molar-refractivity contribution in [3.8, 4) is 0 Å². The summed E-state index contributed by atoms with van der Waals surface area (Å²) in [4.78, 5) is 0. The summed E-state index contributed by atoms with van der Waals surface area (Å²) >= 11 is 0. The summed E-state index contributed by atoms with van der Waals surface area (Å²) in [7, 11) is 0. The minimum absolute atomic E-state index is 0.595. The molecule has 1 aliphatic rings. The van der Waals surface area contributed by atoms with Gasteiger partial charge < -0.3 is 5.32 Å².